The van der Waals surface area contributed by atoms with E-state index in [0.29, 0.717) is 29.5 Å². The largest absolute Gasteiger partial charge is 0.416 e. The van der Waals surface area contributed by atoms with Gasteiger partial charge in [0, 0.05) is 12.2 Å². The fourth-order valence-electron chi connectivity index (χ4n) is 2.58. The fraction of sp³-hybridized carbons (Fsp3) is 0.467. The zero-order chi connectivity index (χ0) is 15.7. The summed E-state index contributed by atoms with van der Waals surface area (Å²) in [6, 6.07) is 4.93. The molecule has 2 aliphatic heterocycles. The van der Waals surface area contributed by atoms with Gasteiger partial charge in [0.2, 0.25) is 0 Å². The third-order valence-electron chi connectivity index (χ3n) is 3.77. The van der Waals surface area contributed by atoms with Crippen molar-refractivity contribution in [2.45, 2.75) is 25.1 Å². The van der Waals surface area contributed by atoms with E-state index in [1.165, 1.54) is 12.1 Å². The molecule has 1 unspecified atom stereocenters. The zero-order valence-corrected chi connectivity index (χ0v) is 12.5. The van der Waals surface area contributed by atoms with Crippen molar-refractivity contribution in [1.82, 2.24) is 5.06 Å². The van der Waals surface area contributed by atoms with E-state index in [2.05, 4.69) is 0 Å². The Bertz CT molecular complexity index is 565. The summed E-state index contributed by atoms with van der Waals surface area (Å²) < 4.78 is 43.2. The van der Waals surface area contributed by atoms with Crippen molar-refractivity contribution in [2.75, 3.05) is 19.8 Å². The Morgan fingerprint density at radius 3 is 2.50 bits per heavy atom. The number of halogens is 4. The highest BCUT2D eigenvalue weighted by Gasteiger charge is 2.33. The molecule has 1 saturated heterocycles. The second-order valence-corrected chi connectivity index (χ2v) is 5.80. The molecule has 2 aliphatic rings. The number of alkyl halides is 3. The van der Waals surface area contributed by atoms with Crippen molar-refractivity contribution < 1.29 is 22.7 Å². The van der Waals surface area contributed by atoms with Crippen LogP contribution in [0.3, 0.4) is 0 Å². The first-order chi connectivity index (χ1) is 10.4. The number of hydroxylamine groups is 2. The van der Waals surface area contributed by atoms with E-state index in [-0.39, 0.29) is 6.04 Å². The Labute approximate surface area is 131 Å². The van der Waals surface area contributed by atoms with Gasteiger partial charge < -0.3 is 9.57 Å². The minimum Gasteiger partial charge on any atom is -0.403 e. The van der Waals surface area contributed by atoms with Crippen LogP contribution >= 0.6 is 11.6 Å². The molecule has 0 aromatic heterocycles. The Kier molecular flexibility index (Phi) is 4.34. The zero-order valence-electron chi connectivity index (χ0n) is 11.7. The molecule has 0 amide bonds. The van der Waals surface area contributed by atoms with Crippen LogP contribution in [0.2, 0.25) is 0 Å². The van der Waals surface area contributed by atoms with Gasteiger partial charge in [-0.2, -0.15) is 13.2 Å². The van der Waals surface area contributed by atoms with E-state index >= 15 is 0 Å². The molecule has 3 rings (SSSR count). The number of ether oxygens (including phenoxy) is 1. The standard InChI is InChI=1S/C15H15ClF3NO2/c16-13-8-20(12-2-1-7-21-9-12)22-14(13)10-3-5-11(6-4-10)15(17,18)19/h3-6,12H,1-2,7-9H2. The van der Waals surface area contributed by atoms with Gasteiger partial charge in [-0.25, -0.2) is 0 Å². The molecule has 3 nitrogen and oxygen atoms in total. The third-order valence-corrected chi connectivity index (χ3v) is 4.06. The summed E-state index contributed by atoms with van der Waals surface area (Å²) in [5, 5.41) is 2.24. The molecular formula is C15H15ClF3NO2. The molecule has 1 atom stereocenters. The first-order valence-electron chi connectivity index (χ1n) is 7.04. The van der Waals surface area contributed by atoms with E-state index in [1.54, 1.807) is 5.06 Å². The summed E-state index contributed by atoms with van der Waals surface area (Å²) in [5.74, 6) is 0.418. The minimum atomic E-state index is -4.35. The molecule has 1 aromatic rings. The van der Waals surface area contributed by atoms with Gasteiger partial charge in [0.05, 0.1) is 29.8 Å². The molecule has 0 bridgehead atoms. The van der Waals surface area contributed by atoms with Gasteiger partial charge in [0.25, 0.3) is 0 Å². The van der Waals surface area contributed by atoms with Gasteiger partial charge in [-0.05, 0) is 25.0 Å². The van der Waals surface area contributed by atoms with E-state index in [0.717, 1.165) is 31.6 Å². The predicted octanol–water partition coefficient (Wildman–Crippen LogP) is 4.04. The first-order valence-corrected chi connectivity index (χ1v) is 7.41. The second kappa shape index (κ2) is 6.10. The van der Waals surface area contributed by atoms with Crippen molar-refractivity contribution in [3.8, 4) is 0 Å². The molecule has 1 fully saturated rings. The maximum atomic E-state index is 12.6. The lowest BCUT2D eigenvalue weighted by molar-refractivity contribution is -0.137. The van der Waals surface area contributed by atoms with Gasteiger partial charge in [0.15, 0.2) is 5.76 Å². The van der Waals surface area contributed by atoms with Crippen molar-refractivity contribution in [1.29, 1.82) is 0 Å². The Morgan fingerprint density at radius 1 is 1.18 bits per heavy atom. The summed E-state index contributed by atoms with van der Waals surface area (Å²) in [5.41, 5.74) is -0.152. The van der Waals surface area contributed by atoms with Crippen molar-refractivity contribution in [3.63, 3.8) is 0 Å². The number of nitrogens with zero attached hydrogens (tertiary/aromatic N) is 1. The number of rotatable bonds is 2. The molecule has 120 valence electrons. The molecule has 7 heteroatoms. The van der Waals surface area contributed by atoms with E-state index in [4.69, 9.17) is 21.2 Å². The molecule has 0 aliphatic carbocycles. The predicted molar refractivity (Wildman–Crippen MR) is 75.8 cm³/mol. The maximum Gasteiger partial charge on any atom is 0.416 e. The summed E-state index contributed by atoms with van der Waals surface area (Å²) in [6.07, 6.45) is -2.44. The number of hydrogen-bond donors (Lipinski definition) is 0. The van der Waals surface area contributed by atoms with Crippen LogP contribution < -0.4 is 0 Å². The molecule has 0 radical (unpaired) electrons. The quantitative estimate of drug-likeness (QED) is 0.815. The monoisotopic (exact) mass is 333 g/mol. The van der Waals surface area contributed by atoms with Crippen LogP contribution in [-0.4, -0.2) is 30.9 Å². The van der Waals surface area contributed by atoms with Gasteiger partial charge in [-0.15, -0.1) is 5.06 Å². The van der Waals surface area contributed by atoms with Crippen molar-refractivity contribution in [3.05, 3.63) is 40.4 Å². The smallest absolute Gasteiger partial charge is 0.403 e. The normalized spacial score (nSPS) is 23.7. The van der Waals surface area contributed by atoms with Crippen LogP contribution in [0.5, 0.6) is 0 Å². The summed E-state index contributed by atoms with van der Waals surface area (Å²) in [7, 11) is 0. The Morgan fingerprint density at radius 2 is 1.91 bits per heavy atom. The number of benzene rings is 1. The van der Waals surface area contributed by atoms with Gasteiger partial charge in [-0.1, -0.05) is 23.7 Å². The minimum absolute atomic E-state index is 0.120. The fourth-order valence-corrected chi connectivity index (χ4v) is 2.84. The van der Waals surface area contributed by atoms with Gasteiger partial charge in [-0.3, -0.25) is 0 Å². The SMILES string of the molecule is FC(F)(F)c1ccc(C2=C(Cl)CN(C3CCCOC3)O2)cc1. The third kappa shape index (κ3) is 3.24. The Balaban J connectivity index is 1.73. The van der Waals surface area contributed by atoms with Crippen molar-refractivity contribution in [2.24, 2.45) is 0 Å². The summed E-state index contributed by atoms with van der Waals surface area (Å²) in [4.78, 5) is 5.74. The van der Waals surface area contributed by atoms with Crippen LogP contribution in [0, 0.1) is 0 Å². The van der Waals surface area contributed by atoms with Gasteiger partial charge in [0.1, 0.15) is 0 Å². The van der Waals surface area contributed by atoms with Crippen LogP contribution in [0.25, 0.3) is 5.76 Å². The lowest BCUT2D eigenvalue weighted by Gasteiger charge is -2.29. The van der Waals surface area contributed by atoms with Crippen LogP contribution in [0.4, 0.5) is 13.2 Å². The summed E-state index contributed by atoms with van der Waals surface area (Å²) >= 11 is 6.21. The molecule has 0 saturated carbocycles. The highest BCUT2D eigenvalue weighted by atomic mass is 35.5. The van der Waals surface area contributed by atoms with Gasteiger partial charge >= 0.3 is 6.18 Å². The van der Waals surface area contributed by atoms with E-state index < -0.39 is 11.7 Å². The first kappa shape index (κ1) is 15.6. The topological polar surface area (TPSA) is 21.7 Å². The second-order valence-electron chi connectivity index (χ2n) is 5.35. The average molecular weight is 334 g/mol. The lowest BCUT2D eigenvalue weighted by atomic mass is 10.1. The van der Waals surface area contributed by atoms with E-state index in [9.17, 15) is 13.2 Å². The van der Waals surface area contributed by atoms with E-state index in [1.807, 2.05) is 0 Å². The summed E-state index contributed by atoms with van der Waals surface area (Å²) in [6.45, 7) is 1.74. The Hall–Kier alpha value is -1.24. The van der Waals surface area contributed by atoms with Crippen molar-refractivity contribution >= 4 is 17.4 Å². The molecular weight excluding hydrogens is 319 g/mol. The van der Waals surface area contributed by atoms with Crippen LogP contribution in [0.1, 0.15) is 24.0 Å². The average Bonchev–Trinajstić information content (AvgIpc) is 2.89. The lowest BCUT2D eigenvalue weighted by Crippen LogP contribution is -2.39. The molecule has 2 heterocycles. The molecule has 22 heavy (non-hydrogen) atoms. The number of hydrogen-bond acceptors (Lipinski definition) is 3. The highest BCUT2D eigenvalue weighted by molar-refractivity contribution is 6.32. The molecule has 1 aromatic carbocycles. The highest BCUT2D eigenvalue weighted by Crippen LogP contribution is 2.35. The molecule has 0 N–H and O–H groups in total. The van der Waals surface area contributed by atoms with Crippen LogP contribution in [-0.2, 0) is 15.8 Å². The maximum absolute atomic E-state index is 12.6. The van der Waals surface area contributed by atoms with Crippen LogP contribution in [0.15, 0.2) is 29.3 Å². The molecule has 0 spiro atoms.